The van der Waals surface area contributed by atoms with Crippen LogP contribution in [0.4, 0.5) is 0 Å². The Morgan fingerprint density at radius 3 is 2.80 bits per heavy atom. The van der Waals surface area contributed by atoms with Crippen LogP contribution in [0.2, 0.25) is 0 Å². The Hall–Kier alpha value is -0.940. The summed E-state index contributed by atoms with van der Waals surface area (Å²) < 4.78 is 16.0. The van der Waals surface area contributed by atoms with E-state index < -0.39 is 11.7 Å². The van der Waals surface area contributed by atoms with E-state index in [2.05, 4.69) is 13.2 Å². The van der Waals surface area contributed by atoms with E-state index in [1.54, 1.807) is 7.11 Å². The minimum atomic E-state index is -1.17. The summed E-state index contributed by atoms with van der Waals surface area (Å²) in [6, 6.07) is 0. The average molecular weight is 282 g/mol. The molecule has 1 rings (SSSR count). The van der Waals surface area contributed by atoms with Crippen LogP contribution in [0.3, 0.4) is 0 Å². The van der Waals surface area contributed by atoms with Gasteiger partial charge < -0.3 is 19.3 Å². The van der Waals surface area contributed by atoms with Crippen LogP contribution in [0.1, 0.15) is 20.3 Å². The van der Waals surface area contributed by atoms with Crippen LogP contribution in [0.5, 0.6) is 0 Å². The molecule has 0 saturated heterocycles. The van der Waals surface area contributed by atoms with E-state index in [0.29, 0.717) is 13.2 Å². The highest BCUT2D eigenvalue weighted by atomic mass is 16.7. The predicted octanol–water partition coefficient (Wildman–Crippen LogP) is 2.45. The van der Waals surface area contributed by atoms with Gasteiger partial charge >= 0.3 is 0 Å². The smallest absolute Gasteiger partial charge is 0.147 e. The third-order valence-corrected chi connectivity index (χ3v) is 3.82. The van der Waals surface area contributed by atoms with Gasteiger partial charge in [-0.1, -0.05) is 30.9 Å². The van der Waals surface area contributed by atoms with Gasteiger partial charge in [0.1, 0.15) is 18.5 Å². The van der Waals surface area contributed by atoms with Crippen LogP contribution in [0, 0.1) is 5.92 Å². The van der Waals surface area contributed by atoms with Crippen molar-refractivity contribution in [3.8, 4) is 0 Å². The molecule has 20 heavy (non-hydrogen) atoms. The minimum absolute atomic E-state index is 0.0488. The molecule has 1 aliphatic carbocycles. The molecule has 0 bridgehead atoms. The van der Waals surface area contributed by atoms with Gasteiger partial charge in [0, 0.05) is 13.0 Å². The highest BCUT2D eigenvalue weighted by molar-refractivity contribution is 5.31. The number of hydrogen-bond acceptors (Lipinski definition) is 4. The van der Waals surface area contributed by atoms with Crippen molar-refractivity contribution in [1.82, 2.24) is 0 Å². The Morgan fingerprint density at radius 1 is 1.55 bits per heavy atom. The van der Waals surface area contributed by atoms with Crippen molar-refractivity contribution in [2.45, 2.75) is 32.0 Å². The molecule has 0 radical (unpaired) electrons. The summed E-state index contributed by atoms with van der Waals surface area (Å²) in [4.78, 5) is 0. The first-order valence-electron chi connectivity index (χ1n) is 6.84. The van der Waals surface area contributed by atoms with Gasteiger partial charge in [-0.05, 0) is 25.8 Å². The zero-order valence-corrected chi connectivity index (χ0v) is 12.7. The Bertz CT molecular complexity index is 375. The van der Waals surface area contributed by atoms with Crippen LogP contribution < -0.4 is 0 Å². The summed E-state index contributed by atoms with van der Waals surface area (Å²) >= 11 is 0. The first-order chi connectivity index (χ1) is 9.47. The largest absolute Gasteiger partial charge is 0.382 e. The van der Waals surface area contributed by atoms with E-state index in [-0.39, 0.29) is 12.7 Å². The van der Waals surface area contributed by atoms with Crippen molar-refractivity contribution in [2.24, 2.45) is 5.92 Å². The second kappa shape index (κ2) is 7.74. The molecule has 0 saturated carbocycles. The Kier molecular flexibility index (Phi) is 6.62. The molecule has 114 valence electrons. The van der Waals surface area contributed by atoms with Crippen LogP contribution in [-0.2, 0) is 14.2 Å². The second-order valence-electron chi connectivity index (χ2n) is 5.21. The predicted molar refractivity (Wildman–Crippen MR) is 79.4 cm³/mol. The summed E-state index contributed by atoms with van der Waals surface area (Å²) in [5.74, 6) is 0.0488. The highest BCUT2D eigenvalue weighted by Gasteiger charge is 2.44. The molecule has 1 aliphatic rings. The van der Waals surface area contributed by atoms with E-state index in [9.17, 15) is 5.11 Å². The maximum atomic E-state index is 10.8. The fourth-order valence-corrected chi connectivity index (χ4v) is 2.42. The first kappa shape index (κ1) is 17.1. The van der Waals surface area contributed by atoms with E-state index >= 15 is 0 Å². The molecular weight excluding hydrogens is 256 g/mol. The van der Waals surface area contributed by atoms with Crippen molar-refractivity contribution in [1.29, 1.82) is 0 Å². The molecule has 4 nitrogen and oxygen atoms in total. The van der Waals surface area contributed by atoms with Gasteiger partial charge in [0.2, 0.25) is 0 Å². The number of ether oxygens (including phenoxy) is 3. The average Bonchev–Trinajstić information content (AvgIpc) is 2.42. The lowest BCUT2D eigenvalue weighted by molar-refractivity contribution is -0.157. The van der Waals surface area contributed by atoms with Gasteiger partial charge in [-0.15, -0.1) is 0 Å². The monoisotopic (exact) mass is 282 g/mol. The summed E-state index contributed by atoms with van der Waals surface area (Å²) in [6.45, 7) is 12.7. The Labute approximate surface area is 121 Å². The van der Waals surface area contributed by atoms with Gasteiger partial charge in [-0.25, -0.2) is 0 Å². The normalized spacial score (nSPS) is 29.9. The zero-order chi connectivity index (χ0) is 15.2. The molecule has 0 aromatic rings. The maximum absolute atomic E-state index is 10.8. The molecule has 0 unspecified atom stereocenters. The molecule has 0 spiro atoms. The number of rotatable bonds is 8. The van der Waals surface area contributed by atoms with E-state index in [0.717, 1.165) is 17.6 Å². The van der Waals surface area contributed by atoms with Gasteiger partial charge in [0.15, 0.2) is 0 Å². The van der Waals surface area contributed by atoms with Crippen molar-refractivity contribution in [3.05, 3.63) is 36.5 Å². The van der Waals surface area contributed by atoms with Crippen LogP contribution in [-0.4, -0.2) is 43.9 Å². The number of hydrogen-bond donors (Lipinski definition) is 1. The Morgan fingerprint density at radius 2 is 2.25 bits per heavy atom. The lowest BCUT2D eigenvalue weighted by atomic mass is 9.73. The van der Waals surface area contributed by atoms with E-state index in [1.165, 1.54) is 6.08 Å². The quantitative estimate of drug-likeness (QED) is 0.422. The molecular formula is C16H26O4. The summed E-state index contributed by atoms with van der Waals surface area (Å²) in [5, 5.41) is 10.8. The van der Waals surface area contributed by atoms with E-state index in [1.807, 2.05) is 19.9 Å². The Balaban J connectivity index is 2.75. The van der Waals surface area contributed by atoms with Crippen LogP contribution >= 0.6 is 0 Å². The van der Waals surface area contributed by atoms with Gasteiger partial charge in [0.05, 0.1) is 13.2 Å². The van der Waals surface area contributed by atoms with Gasteiger partial charge in [-0.2, -0.15) is 0 Å². The fourth-order valence-electron chi connectivity index (χ4n) is 2.42. The van der Waals surface area contributed by atoms with E-state index in [4.69, 9.17) is 14.2 Å². The highest BCUT2D eigenvalue weighted by Crippen LogP contribution is 2.38. The number of allylic oxidation sites excluding steroid dienone is 1. The molecule has 0 aromatic heterocycles. The summed E-state index contributed by atoms with van der Waals surface area (Å²) in [6.07, 6.45) is 3.94. The molecule has 0 amide bonds. The van der Waals surface area contributed by atoms with Crippen LogP contribution in [0.25, 0.3) is 0 Å². The van der Waals surface area contributed by atoms with Crippen molar-refractivity contribution in [2.75, 3.05) is 27.1 Å². The van der Waals surface area contributed by atoms with Crippen LogP contribution in [0.15, 0.2) is 36.5 Å². The molecule has 3 atom stereocenters. The lowest BCUT2D eigenvalue weighted by Crippen LogP contribution is -2.50. The molecule has 0 aromatic carbocycles. The molecule has 0 heterocycles. The number of methoxy groups -OCH3 is 1. The molecule has 0 fully saturated rings. The molecule has 4 heteroatoms. The fraction of sp³-hybridized carbons (Fsp3) is 0.625. The third-order valence-electron chi connectivity index (χ3n) is 3.82. The number of aliphatic hydroxyl groups is 1. The maximum Gasteiger partial charge on any atom is 0.147 e. The van der Waals surface area contributed by atoms with Gasteiger partial charge in [0.25, 0.3) is 0 Å². The lowest BCUT2D eigenvalue weighted by Gasteiger charge is -2.42. The first-order valence-corrected chi connectivity index (χ1v) is 6.84. The van der Waals surface area contributed by atoms with Crippen molar-refractivity contribution >= 4 is 0 Å². The van der Waals surface area contributed by atoms with Gasteiger partial charge in [-0.3, -0.25) is 0 Å². The minimum Gasteiger partial charge on any atom is -0.382 e. The summed E-state index contributed by atoms with van der Waals surface area (Å²) in [5.41, 5.74) is 0.662. The zero-order valence-electron chi connectivity index (χ0n) is 12.7. The third kappa shape index (κ3) is 3.79. The van der Waals surface area contributed by atoms with Crippen molar-refractivity contribution in [3.63, 3.8) is 0 Å². The molecule has 1 N–H and O–H groups in total. The summed E-state index contributed by atoms with van der Waals surface area (Å²) in [7, 11) is 1.62. The standard InChI is InChI=1S/C16H26O4/c1-6-16(17)13(4)7-8-14(12(2)3)15(16)20-11-19-10-9-18-5/h6-7,14-15,17H,1-2,8-11H2,3-5H3/t14-,15-,16+/m1/s1. The SMILES string of the molecule is C=C[C@]1(O)C(C)=CC[C@H](C(=C)C)[C@H]1OCOCCOC. The second-order valence-corrected chi connectivity index (χ2v) is 5.21. The van der Waals surface area contributed by atoms with Crippen molar-refractivity contribution < 1.29 is 19.3 Å². The topological polar surface area (TPSA) is 47.9 Å². The molecule has 0 aliphatic heterocycles.